The van der Waals surface area contributed by atoms with E-state index in [9.17, 15) is 18.0 Å². The SMILES string of the molecule is CN(CC(C)(C)CNC(=O)N1CCOc2cc(F)c(F)cc21)c1ccc(F)cn1. The summed E-state index contributed by atoms with van der Waals surface area (Å²) in [5.41, 5.74) is -0.151. The number of aromatic nitrogens is 1. The third kappa shape index (κ3) is 4.90. The first-order chi connectivity index (χ1) is 13.7. The van der Waals surface area contributed by atoms with Crippen molar-refractivity contribution in [3.63, 3.8) is 0 Å². The van der Waals surface area contributed by atoms with Gasteiger partial charge in [0, 0.05) is 32.3 Å². The van der Waals surface area contributed by atoms with Crippen LogP contribution >= 0.6 is 0 Å². The van der Waals surface area contributed by atoms with Gasteiger partial charge in [0.15, 0.2) is 11.6 Å². The van der Waals surface area contributed by atoms with E-state index in [4.69, 9.17) is 4.74 Å². The number of rotatable bonds is 5. The highest BCUT2D eigenvalue weighted by Gasteiger charge is 2.28. The molecule has 1 aromatic carbocycles. The lowest BCUT2D eigenvalue weighted by molar-refractivity contribution is 0.233. The van der Waals surface area contributed by atoms with Crippen LogP contribution in [-0.4, -0.2) is 44.3 Å². The summed E-state index contributed by atoms with van der Waals surface area (Å²) in [7, 11) is 1.83. The summed E-state index contributed by atoms with van der Waals surface area (Å²) in [4.78, 5) is 19.9. The molecule has 0 saturated carbocycles. The average molecular weight is 408 g/mol. The molecule has 156 valence electrons. The van der Waals surface area contributed by atoms with Gasteiger partial charge < -0.3 is 15.0 Å². The topological polar surface area (TPSA) is 57.7 Å². The summed E-state index contributed by atoms with van der Waals surface area (Å²) in [6.45, 7) is 5.22. The summed E-state index contributed by atoms with van der Waals surface area (Å²) >= 11 is 0. The van der Waals surface area contributed by atoms with E-state index in [0.29, 0.717) is 18.9 Å². The fourth-order valence-corrected chi connectivity index (χ4v) is 3.21. The van der Waals surface area contributed by atoms with E-state index < -0.39 is 23.5 Å². The third-order valence-electron chi connectivity index (χ3n) is 4.60. The Morgan fingerprint density at radius 3 is 2.69 bits per heavy atom. The number of fused-ring (bicyclic) bond motifs is 1. The molecule has 0 spiro atoms. The molecule has 1 aliphatic heterocycles. The normalized spacial score (nSPS) is 13.5. The fourth-order valence-electron chi connectivity index (χ4n) is 3.21. The number of amides is 2. The van der Waals surface area contributed by atoms with Crippen LogP contribution in [0.5, 0.6) is 5.75 Å². The molecule has 3 rings (SSSR count). The molecule has 2 aromatic rings. The lowest BCUT2D eigenvalue weighted by Crippen LogP contribution is -2.48. The van der Waals surface area contributed by atoms with Gasteiger partial charge in [-0.1, -0.05) is 13.8 Å². The first kappa shape index (κ1) is 20.8. The summed E-state index contributed by atoms with van der Waals surface area (Å²) < 4.78 is 45.4. The molecule has 9 heteroatoms. The molecule has 29 heavy (non-hydrogen) atoms. The van der Waals surface area contributed by atoms with Gasteiger partial charge in [0.05, 0.1) is 18.4 Å². The van der Waals surface area contributed by atoms with E-state index >= 15 is 0 Å². The minimum absolute atomic E-state index is 0.131. The Labute approximate surface area is 167 Å². The van der Waals surface area contributed by atoms with Crippen molar-refractivity contribution in [3.8, 4) is 5.75 Å². The Morgan fingerprint density at radius 2 is 2.00 bits per heavy atom. The smallest absolute Gasteiger partial charge is 0.322 e. The van der Waals surface area contributed by atoms with Gasteiger partial charge in [0.25, 0.3) is 0 Å². The molecule has 0 aliphatic carbocycles. The number of halogens is 3. The molecule has 1 aliphatic rings. The van der Waals surface area contributed by atoms with Crippen molar-refractivity contribution < 1.29 is 22.7 Å². The van der Waals surface area contributed by atoms with Gasteiger partial charge in [-0.15, -0.1) is 0 Å². The van der Waals surface area contributed by atoms with E-state index in [1.54, 1.807) is 6.07 Å². The summed E-state index contributed by atoms with van der Waals surface area (Å²) in [5, 5.41) is 2.84. The van der Waals surface area contributed by atoms with Crippen molar-refractivity contribution in [2.75, 3.05) is 43.1 Å². The predicted molar refractivity (Wildman–Crippen MR) is 104 cm³/mol. The zero-order valence-corrected chi connectivity index (χ0v) is 16.5. The first-order valence-electron chi connectivity index (χ1n) is 9.16. The van der Waals surface area contributed by atoms with E-state index in [2.05, 4.69) is 10.3 Å². The Hall–Kier alpha value is -2.97. The highest BCUT2D eigenvalue weighted by atomic mass is 19.2. The quantitative estimate of drug-likeness (QED) is 0.822. The molecular weight excluding hydrogens is 385 g/mol. The van der Waals surface area contributed by atoms with Gasteiger partial charge >= 0.3 is 6.03 Å². The second-order valence-electron chi connectivity index (χ2n) is 7.75. The van der Waals surface area contributed by atoms with Crippen LogP contribution in [0.4, 0.5) is 29.5 Å². The monoisotopic (exact) mass is 408 g/mol. The molecular formula is C20H23F3N4O2. The van der Waals surface area contributed by atoms with Gasteiger partial charge in [0.2, 0.25) is 0 Å². The number of pyridine rings is 1. The number of nitrogens with zero attached hydrogens (tertiary/aromatic N) is 3. The van der Waals surface area contributed by atoms with Crippen molar-refractivity contribution in [2.24, 2.45) is 5.41 Å². The molecule has 0 atom stereocenters. The lowest BCUT2D eigenvalue weighted by atomic mass is 9.93. The Morgan fingerprint density at radius 1 is 1.28 bits per heavy atom. The van der Waals surface area contributed by atoms with Gasteiger partial charge in [0.1, 0.15) is 24.0 Å². The van der Waals surface area contributed by atoms with Crippen LogP contribution in [0.25, 0.3) is 0 Å². The molecule has 0 fully saturated rings. The maximum Gasteiger partial charge on any atom is 0.322 e. The van der Waals surface area contributed by atoms with Crippen LogP contribution in [0.15, 0.2) is 30.5 Å². The van der Waals surface area contributed by atoms with Crippen molar-refractivity contribution >= 4 is 17.5 Å². The van der Waals surface area contributed by atoms with Gasteiger partial charge in [-0.3, -0.25) is 4.90 Å². The second-order valence-corrected chi connectivity index (χ2v) is 7.75. The molecule has 0 unspecified atom stereocenters. The Kier molecular flexibility index (Phi) is 5.86. The zero-order valence-electron chi connectivity index (χ0n) is 16.5. The number of benzene rings is 1. The van der Waals surface area contributed by atoms with Crippen LogP contribution in [-0.2, 0) is 0 Å². The number of carbonyl (C=O) groups excluding carboxylic acids is 1. The van der Waals surface area contributed by atoms with E-state index in [-0.39, 0.29) is 30.0 Å². The first-order valence-corrected chi connectivity index (χ1v) is 9.16. The van der Waals surface area contributed by atoms with Gasteiger partial charge in [-0.05, 0) is 17.5 Å². The van der Waals surface area contributed by atoms with E-state index in [1.807, 2.05) is 25.8 Å². The number of carbonyl (C=O) groups is 1. The van der Waals surface area contributed by atoms with Crippen LogP contribution in [0.2, 0.25) is 0 Å². The Bertz CT molecular complexity index is 890. The summed E-state index contributed by atoms with van der Waals surface area (Å²) in [6.07, 6.45) is 1.15. The van der Waals surface area contributed by atoms with Crippen LogP contribution in [0.1, 0.15) is 13.8 Å². The fraction of sp³-hybridized carbons (Fsp3) is 0.400. The van der Waals surface area contributed by atoms with E-state index in [1.165, 1.54) is 11.0 Å². The highest BCUT2D eigenvalue weighted by molar-refractivity contribution is 5.94. The summed E-state index contributed by atoms with van der Waals surface area (Å²) in [6, 6.07) is 4.41. The van der Waals surface area contributed by atoms with Crippen LogP contribution in [0.3, 0.4) is 0 Å². The van der Waals surface area contributed by atoms with Crippen molar-refractivity contribution in [1.82, 2.24) is 10.3 Å². The largest absolute Gasteiger partial charge is 0.489 e. The second kappa shape index (κ2) is 8.18. The maximum atomic E-state index is 13.6. The Balaban J connectivity index is 1.63. The number of ether oxygens (including phenoxy) is 1. The van der Waals surface area contributed by atoms with Crippen molar-refractivity contribution in [1.29, 1.82) is 0 Å². The standard InChI is InChI=1S/C20H23F3N4O2/c1-20(2,12-26(3)18-5-4-13(21)10-24-18)11-25-19(28)27-6-7-29-17-9-15(23)14(22)8-16(17)27/h4-5,8-10H,6-7,11-12H2,1-3H3,(H,25,28). The molecule has 0 radical (unpaired) electrons. The van der Waals surface area contributed by atoms with Gasteiger partial charge in [-0.25, -0.2) is 22.9 Å². The molecule has 0 saturated heterocycles. The molecule has 6 nitrogen and oxygen atoms in total. The number of hydrogen-bond donors (Lipinski definition) is 1. The number of urea groups is 1. The third-order valence-corrected chi connectivity index (χ3v) is 4.60. The highest BCUT2D eigenvalue weighted by Crippen LogP contribution is 2.33. The lowest BCUT2D eigenvalue weighted by Gasteiger charge is -2.33. The van der Waals surface area contributed by atoms with Crippen LogP contribution < -0.4 is 19.9 Å². The maximum absolute atomic E-state index is 13.6. The predicted octanol–water partition coefficient (Wildman–Crippen LogP) is 3.57. The molecule has 1 aromatic heterocycles. The number of anilines is 2. The van der Waals surface area contributed by atoms with Gasteiger partial charge in [-0.2, -0.15) is 0 Å². The van der Waals surface area contributed by atoms with Crippen LogP contribution in [0, 0.1) is 22.9 Å². The molecule has 0 bridgehead atoms. The van der Waals surface area contributed by atoms with Crippen molar-refractivity contribution in [3.05, 3.63) is 47.9 Å². The zero-order chi connectivity index (χ0) is 21.2. The van der Waals surface area contributed by atoms with E-state index in [0.717, 1.165) is 18.3 Å². The molecule has 2 heterocycles. The average Bonchev–Trinajstić information content (AvgIpc) is 2.67. The molecule has 2 amide bonds. The minimum Gasteiger partial charge on any atom is -0.489 e. The molecule has 1 N–H and O–H groups in total. The minimum atomic E-state index is -1.04. The van der Waals surface area contributed by atoms with Crippen molar-refractivity contribution in [2.45, 2.75) is 13.8 Å². The number of hydrogen-bond acceptors (Lipinski definition) is 4. The summed E-state index contributed by atoms with van der Waals surface area (Å²) in [5.74, 6) is -1.72. The number of nitrogens with one attached hydrogen (secondary N) is 1.